The Morgan fingerprint density at radius 3 is 2.36 bits per heavy atom. The lowest BCUT2D eigenvalue weighted by molar-refractivity contribution is -0.155. The van der Waals surface area contributed by atoms with E-state index in [1.165, 1.54) is 6.92 Å². The van der Waals surface area contributed by atoms with Crippen LogP contribution in [0, 0.1) is 0 Å². The summed E-state index contributed by atoms with van der Waals surface area (Å²) in [6.07, 6.45) is -1.03. The molecule has 28 heavy (non-hydrogen) atoms. The normalized spacial score (nSPS) is 21.3. The van der Waals surface area contributed by atoms with Gasteiger partial charge in [-0.3, -0.25) is 24.1 Å². The van der Waals surface area contributed by atoms with Crippen molar-refractivity contribution in [2.45, 2.75) is 31.9 Å². The number of nitrogens with one attached hydrogen (secondary N) is 1. The Kier molecular flexibility index (Phi) is 5.50. The Morgan fingerprint density at radius 2 is 1.82 bits per heavy atom. The van der Waals surface area contributed by atoms with E-state index >= 15 is 0 Å². The number of nitrogens with zero attached hydrogens (tertiary/aromatic N) is 1. The van der Waals surface area contributed by atoms with Gasteiger partial charge in [0, 0.05) is 12.6 Å². The summed E-state index contributed by atoms with van der Waals surface area (Å²) in [5, 5.41) is 2.55. The van der Waals surface area contributed by atoms with Crippen molar-refractivity contribution in [3.05, 3.63) is 35.4 Å². The van der Waals surface area contributed by atoms with Gasteiger partial charge in [-0.2, -0.15) is 0 Å². The number of amides is 3. The van der Waals surface area contributed by atoms with Gasteiger partial charge in [0.2, 0.25) is 0 Å². The highest BCUT2D eigenvalue weighted by Gasteiger charge is 2.35. The molecule has 0 aliphatic carbocycles. The van der Waals surface area contributed by atoms with Gasteiger partial charge in [0.1, 0.15) is 0 Å². The van der Waals surface area contributed by atoms with Crippen LogP contribution in [0.4, 0.5) is 0 Å². The van der Waals surface area contributed by atoms with Crippen LogP contribution in [0.25, 0.3) is 0 Å². The van der Waals surface area contributed by atoms with Gasteiger partial charge >= 0.3 is 5.97 Å². The van der Waals surface area contributed by atoms with Gasteiger partial charge in [-0.15, -0.1) is 0 Å². The summed E-state index contributed by atoms with van der Waals surface area (Å²) in [5.41, 5.74) is 0.584. The number of fused-ring (bicyclic) bond motifs is 1. The number of carbonyl (C=O) groups is 4. The van der Waals surface area contributed by atoms with E-state index in [1.54, 1.807) is 24.3 Å². The van der Waals surface area contributed by atoms with E-state index in [-0.39, 0.29) is 24.5 Å². The first-order valence-electron chi connectivity index (χ1n) is 8.83. The first kappa shape index (κ1) is 20.0. The van der Waals surface area contributed by atoms with Crippen LogP contribution in [0.15, 0.2) is 24.3 Å². The number of imide groups is 1. The molecule has 2 aliphatic heterocycles. The zero-order valence-electron chi connectivity index (χ0n) is 15.2. The highest BCUT2D eigenvalue weighted by atomic mass is 32.2. The highest BCUT2D eigenvalue weighted by molar-refractivity contribution is 7.91. The van der Waals surface area contributed by atoms with E-state index < -0.39 is 45.7 Å². The van der Waals surface area contributed by atoms with E-state index in [9.17, 15) is 27.6 Å². The molecule has 3 rings (SSSR count). The van der Waals surface area contributed by atoms with Crippen molar-refractivity contribution in [3.8, 4) is 0 Å². The molecule has 3 amide bonds. The predicted octanol–water partition coefficient (Wildman–Crippen LogP) is -0.0923. The van der Waals surface area contributed by atoms with Crippen molar-refractivity contribution in [2.24, 2.45) is 0 Å². The van der Waals surface area contributed by atoms with E-state index in [0.717, 1.165) is 4.90 Å². The quantitative estimate of drug-likeness (QED) is 0.515. The maximum Gasteiger partial charge on any atom is 0.308 e. The molecular formula is C18H20N2O7S. The number of benzene rings is 1. The predicted molar refractivity (Wildman–Crippen MR) is 97.2 cm³/mol. The number of hydrogen-bond acceptors (Lipinski definition) is 7. The molecule has 0 unspecified atom stereocenters. The van der Waals surface area contributed by atoms with Crippen LogP contribution < -0.4 is 5.32 Å². The fourth-order valence-electron chi connectivity index (χ4n) is 3.18. The average molecular weight is 408 g/mol. The first-order chi connectivity index (χ1) is 13.2. The Balaban J connectivity index is 1.47. The van der Waals surface area contributed by atoms with E-state index in [4.69, 9.17) is 4.74 Å². The van der Waals surface area contributed by atoms with Crippen LogP contribution >= 0.6 is 0 Å². The highest BCUT2D eigenvalue weighted by Crippen LogP contribution is 2.22. The van der Waals surface area contributed by atoms with Crippen LogP contribution in [0.1, 0.15) is 40.5 Å². The molecule has 0 bridgehead atoms. The fourth-order valence-corrected chi connectivity index (χ4v) is 4.86. The number of hydrogen-bond donors (Lipinski definition) is 1. The molecule has 1 aromatic carbocycles. The van der Waals surface area contributed by atoms with Crippen molar-refractivity contribution < 1.29 is 32.3 Å². The van der Waals surface area contributed by atoms with Crippen LogP contribution in [0.3, 0.4) is 0 Å². The minimum atomic E-state index is -3.13. The molecule has 1 aromatic rings. The molecule has 1 N–H and O–H groups in total. The van der Waals surface area contributed by atoms with Gasteiger partial charge in [-0.05, 0) is 25.5 Å². The number of carbonyl (C=O) groups excluding carboxylic acids is 4. The maximum absolute atomic E-state index is 12.2. The van der Waals surface area contributed by atoms with Gasteiger partial charge in [0.15, 0.2) is 15.9 Å². The van der Waals surface area contributed by atoms with Crippen molar-refractivity contribution in [3.63, 3.8) is 0 Å². The summed E-state index contributed by atoms with van der Waals surface area (Å²) in [6.45, 7) is 1.22. The summed E-state index contributed by atoms with van der Waals surface area (Å²) < 4.78 is 27.9. The van der Waals surface area contributed by atoms with E-state index in [1.807, 2.05) is 0 Å². The minimum Gasteiger partial charge on any atom is -0.452 e. The molecule has 2 aliphatic rings. The largest absolute Gasteiger partial charge is 0.452 e. The minimum absolute atomic E-state index is 0.0202. The molecule has 1 saturated heterocycles. The third kappa shape index (κ3) is 4.22. The number of rotatable bonds is 6. The van der Waals surface area contributed by atoms with Crippen LogP contribution in [0.5, 0.6) is 0 Å². The number of sulfone groups is 1. The first-order valence-corrected chi connectivity index (χ1v) is 10.7. The Hall–Kier alpha value is -2.75. The molecule has 0 aromatic heterocycles. The van der Waals surface area contributed by atoms with E-state index in [2.05, 4.69) is 5.32 Å². The molecule has 0 saturated carbocycles. The van der Waals surface area contributed by atoms with Crippen LogP contribution in [0.2, 0.25) is 0 Å². The maximum atomic E-state index is 12.2. The molecule has 9 nitrogen and oxygen atoms in total. The second-order valence-electron chi connectivity index (χ2n) is 6.80. The smallest absolute Gasteiger partial charge is 0.308 e. The summed E-state index contributed by atoms with van der Waals surface area (Å²) in [7, 11) is -3.13. The SMILES string of the molecule is C[C@H](OC(=O)CCN1C(=O)c2ccccc2C1=O)C(=O)N[C@H]1CCS(=O)(=O)C1. The summed E-state index contributed by atoms with van der Waals surface area (Å²) in [4.78, 5) is 49.5. The lowest BCUT2D eigenvalue weighted by Crippen LogP contribution is -2.42. The van der Waals surface area contributed by atoms with E-state index in [0.29, 0.717) is 17.5 Å². The van der Waals surface area contributed by atoms with Crippen molar-refractivity contribution in [2.75, 3.05) is 18.1 Å². The Labute approximate surface area is 161 Å². The standard InChI is InChI=1S/C18H20N2O7S/c1-11(16(22)19-12-7-9-28(25,26)10-12)27-15(21)6-8-20-17(23)13-4-2-3-5-14(13)18(20)24/h2-5,11-12H,6-10H2,1H3,(H,19,22)/t11-,12-/m0/s1. The number of esters is 1. The molecule has 10 heteroatoms. The molecule has 0 radical (unpaired) electrons. The topological polar surface area (TPSA) is 127 Å². The summed E-state index contributed by atoms with van der Waals surface area (Å²) >= 11 is 0. The van der Waals surface area contributed by atoms with Crippen LogP contribution in [-0.4, -0.2) is 67.2 Å². The molecule has 1 fully saturated rings. The Morgan fingerprint density at radius 1 is 1.21 bits per heavy atom. The second-order valence-corrected chi connectivity index (χ2v) is 9.03. The van der Waals surface area contributed by atoms with Crippen molar-refractivity contribution in [1.29, 1.82) is 0 Å². The Bertz CT molecular complexity index is 906. The van der Waals surface area contributed by atoms with Gasteiger partial charge in [0.05, 0.1) is 29.1 Å². The second kappa shape index (κ2) is 7.70. The average Bonchev–Trinajstić information content (AvgIpc) is 3.10. The third-order valence-corrected chi connectivity index (χ3v) is 6.44. The summed E-state index contributed by atoms with van der Waals surface area (Å²) in [6, 6.07) is 5.90. The summed E-state index contributed by atoms with van der Waals surface area (Å²) in [5.74, 6) is -2.37. The van der Waals surface area contributed by atoms with Gasteiger partial charge in [-0.1, -0.05) is 12.1 Å². The van der Waals surface area contributed by atoms with Crippen LogP contribution in [-0.2, 0) is 24.2 Å². The lowest BCUT2D eigenvalue weighted by atomic mass is 10.1. The van der Waals surface area contributed by atoms with Crippen molar-refractivity contribution >= 4 is 33.5 Å². The molecule has 150 valence electrons. The van der Waals surface area contributed by atoms with Gasteiger partial charge < -0.3 is 10.1 Å². The monoisotopic (exact) mass is 408 g/mol. The molecule has 2 heterocycles. The fraction of sp³-hybridized carbons (Fsp3) is 0.444. The third-order valence-electron chi connectivity index (χ3n) is 4.67. The van der Waals surface area contributed by atoms with Gasteiger partial charge in [-0.25, -0.2) is 8.42 Å². The van der Waals surface area contributed by atoms with Crippen molar-refractivity contribution in [1.82, 2.24) is 10.2 Å². The lowest BCUT2D eigenvalue weighted by Gasteiger charge is -2.17. The zero-order valence-corrected chi connectivity index (χ0v) is 16.0. The molecule has 0 spiro atoms. The zero-order chi connectivity index (χ0) is 20.5. The van der Waals surface area contributed by atoms with Gasteiger partial charge in [0.25, 0.3) is 17.7 Å². The number of ether oxygens (including phenoxy) is 1. The molecular weight excluding hydrogens is 388 g/mol. The molecule has 2 atom stereocenters.